The molecule has 1 N–H and O–H groups in total. The third kappa shape index (κ3) is 8.48. The maximum absolute atomic E-state index is 12.2. The molecular weight excluding hydrogens is 426 g/mol. The van der Waals surface area contributed by atoms with Crippen molar-refractivity contribution in [2.45, 2.75) is 32.8 Å². The number of rotatable bonds is 7. The molecule has 1 saturated heterocycles. The van der Waals surface area contributed by atoms with Crippen LogP contribution in [0, 0.1) is 0 Å². The van der Waals surface area contributed by atoms with E-state index in [9.17, 15) is 9.59 Å². The summed E-state index contributed by atoms with van der Waals surface area (Å²) in [6, 6.07) is 7.81. The molecule has 8 heteroatoms. The van der Waals surface area contributed by atoms with Crippen LogP contribution < -0.4 is 10.1 Å². The molecule has 0 aromatic heterocycles. The monoisotopic (exact) mass is 455 g/mol. The summed E-state index contributed by atoms with van der Waals surface area (Å²) in [5, 5.41) is 2.52. The molecule has 1 aliphatic rings. The lowest BCUT2D eigenvalue weighted by Crippen LogP contribution is -2.51. The molecule has 7 nitrogen and oxygen atoms in total. The first kappa shape index (κ1) is 22.5. The van der Waals surface area contributed by atoms with Crippen molar-refractivity contribution in [3.8, 4) is 5.75 Å². The van der Waals surface area contributed by atoms with Gasteiger partial charge in [-0.3, -0.25) is 9.69 Å². The van der Waals surface area contributed by atoms with Crippen LogP contribution in [0.1, 0.15) is 27.2 Å². The highest BCUT2D eigenvalue weighted by Crippen LogP contribution is 2.16. The molecule has 0 radical (unpaired) electrons. The second kappa shape index (κ2) is 10.7. The predicted octanol–water partition coefficient (Wildman–Crippen LogP) is 2.89. The van der Waals surface area contributed by atoms with Gasteiger partial charge in [-0.25, -0.2) is 4.79 Å². The van der Waals surface area contributed by atoms with E-state index in [-0.39, 0.29) is 12.5 Å². The van der Waals surface area contributed by atoms with E-state index in [4.69, 9.17) is 9.47 Å². The van der Waals surface area contributed by atoms with Gasteiger partial charge in [-0.2, -0.15) is 0 Å². The minimum atomic E-state index is -0.570. The largest absolute Gasteiger partial charge is 0.494 e. The highest BCUT2D eigenvalue weighted by atomic mass is 79.9. The zero-order valence-electron chi connectivity index (χ0n) is 16.9. The lowest BCUT2D eigenvalue weighted by atomic mass is 10.2. The van der Waals surface area contributed by atoms with Gasteiger partial charge < -0.3 is 19.7 Å². The number of benzene rings is 1. The number of amides is 2. The third-order valence-corrected chi connectivity index (χ3v) is 4.74. The topological polar surface area (TPSA) is 71.1 Å². The van der Waals surface area contributed by atoms with Gasteiger partial charge in [0.25, 0.3) is 0 Å². The number of halogens is 1. The Bertz CT molecular complexity index is 638. The van der Waals surface area contributed by atoms with Crippen molar-refractivity contribution in [1.29, 1.82) is 0 Å². The van der Waals surface area contributed by atoms with Crippen molar-refractivity contribution in [1.82, 2.24) is 15.1 Å². The Morgan fingerprint density at radius 2 is 1.75 bits per heavy atom. The van der Waals surface area contributed by atoms with Gasteiger partial charge in [0.1, 0.15) is 17.9 Å². The summed E-state index contributed by atoms with van der Waals surface area (Å²) in [5.74, 6) is 0.792. The number of ether oxygens (including phenoxy) is 2. The van der Waals surface area contributed by atoms with Crippen LogP contribution in [-0.4, -0.2) is 73.3 Å². The number of nitrogens with zero attached hydrogens (tertiary/aromatic N) is 2. The Balaban J connectivity index is 1.58. The highest BCUT2D eigenvalue weighted by molar-refractivity contribution is 9.10. The summed E-state index contributed by atoms with van der Waals surface area (Å²) in [5.41, 5.74) is -0.570. The maximum atomic E-state index is 12.2. The molecule has 2 rings (SSSR count). The molecule has 0 unspecified atom stereocenters. The number of hydrogen-bond acceptors (Lipinski definition) is 5. The van der Waals surface area contributed by atoms with Gasteiger partial charge in [0, 0.05) is 37.2 Å². The van der Waals surface area contributed by atoms with E-state index in [1.54, 1.807) is 25.7 Å². The maximum Gasteiger partial charge on any atom is 0.408 e. The van der Waals surface area contributed by atoms with Gasteiger partial charge in [0.05, 0.1) is 6.61 Å². The smallest absolute Gasteiger partial charge is 0.408 e. The summed E-state index contributed by atoms with van der Waals surface area (Å²) in [6.07, 6.45) is 0.370. The number of nitrogens with one attached hydrogen (secondary N) is 1. The average Bonchev–Trinajstić information content (AvgIpc) is 2.64. The zero-order valence-corrected chi connectivity index (χ0v) is 18.5. The Hall–Kier alpha value is -1.80. The molecule has 1 aromatic rings. The molecule has 1 fully saturated rings. The van der Waals surface area contributed by atoms with Gasteiger partial charge in [0.15, 0.2) is 0 Å². The molecule has 0 saturated carbocycles. The summed E-state index contributed by atoms with van der Waals surface area (Å²) in [4.78, 5) is 28.0. The second-order valence-corrected chi connectivity index (χ2v) is 8.65. The lowest BCUT2D eigenvalue weighted by molar-refractivity contribution is -0.132. The fourth-order valence-electron chi connectivity index (χ4n) is 2.80. The van der Waals surface area contributed by atoms with Crippen LogP contribution in [0.15, 0.2) is 28.7 Å². The molecule has 0 aliphatic carbocycles. The molecule has 0 bridgehead atoms. The Kier molecular flexibility index (Phi) is 8.57. The van der Waals surface area contributed by atoms with Gasteiger partial charge in [-0.15, -0.1) is 0 Å². The minimum absolute atomic E-state index is 0.0318. The fourth-order valence-corrected chi connectivity index (χ4v) is 3.07. The number of hydrogen-bond donors (Lipinski definition) is 1. The Morgan fingerprint density at radius 1 is 1.11 bits per heavy atom. The van der Waals surface area contributed by atoms with Crippen LogP contribution in [0.2, 0.25) is 0 Å². The van der Waals surface area contributed by atoms with E-state index in [0.29, 0.717) is 19.7 Å². The van der Waals surface area contributed by atoms with Crippen LogP contribution >= 0.6 is 15.9 Å². The van der Waals surface area contributed by atoms with Crippen LogP contribution in [0.25, 0.3) is 0 Å². The van der Waals surface area contributed by atoms with Crippen LogP contribution in [-0.2, 0) is 9.53 Å². The molecule has 1 aromatic carbocycles. The van der Waals surface area contributed by atoms with Crippen molar-refractivity contribution < 1.29 is 19.1 Å². The molecule has 28 heavy (non-hydrogen) atoms. The fraction of sp³-hybridized carbons (Fsp3) is 0.600. The van der Waals surface area contributed by atoms with Crippen LogP contribution in [0.3, 0.4) is 0 Å². The molecule has 0 atom stereocenters. The third-order valence-electron chi connectivity index (χ3n) is 4.21. The molecule has 156 valence electrons. The molecular formula is C20H30BrN3O4. The lowest BCUT2D eigenvalue weighted by Gasteiger charge is -2.34. The highest BCUT2D eigenvalue weighted by Gasteiger charge is 2.22. The van der Waals surface area contributed by atoms with E-state index in [1.165, 1.54) is 0 Å². The Labute approximate surface area is 175 Å². The first-order valence-corrected chi connectivity index (χ1v) is 10.4. The summed E-state index contributed by atoms with van der Waals surface area (Å²) >= 11 is 3.41. The van der Waals surface area contributed by atoms with Crippen molar-refractivity contribution in [3.63, 3.8) is 0 Å². The number of piperazine rings is 1. The average molecular weight is 456 g/mol. The van der Waals surface area contributed by atoms with Crippen molar-refractivity contribution in [2.24, 2.45) is 0 Å². The summed E-state index contributed by atoms with van der Waals surface area (Å²) in [6.45, 7) is 9.94. The Morgan fingerprint density at radius 3 is 2.36 bits per heavy atom. The standard InChI is InChI=1S/C20H30BrN3O4/c1-20(2,3)28-19(26)22-15-18(25)24-12-10-23(11-13-24)9-4-14-27-17-7-5-16(21)6-8-17/h5-8H,4,9-15H2,1-3H3,(H,22,26). The summed E-state index contributed by atoms with van der Waals surface area (Å²) < 4.78 is 11.9. The van der Waals surface area contributed by atoms with E-state index in [2.05, 4.69) is 26.1 Å². The van der Waals surface area contributed by atoms with Crippen molar-refractivity contribution >= 4 is 27.9 Å². The molecule has 1 heterocycles. The molecule has 2 amide bonds. The van der Waals surface area contributed by atoms with E-state index in [0.717, 1.165) is 36.3 Å². The summed E-state index contributed by atoms with van der Waals surface area (Å²) in [7, 11) is 0. The predicted molar refractivity (Wildman–Crippen MR) is 112 cm³/mol. The van der Waals surface area contributed by atoms with Crippen molar-refractivity contribution in [2.75, 3.05) is 45.9 Å². The van der Waals surface area contributed by atoms with Gasteiger partial charge in [0.2, 0.25) is 5.91 Å². The quantitative estimate of drug-likeness (QED) is 0.639. The number of carbonyl (C=O) groups is 2. The minimum Gasteiger partial charge on any atom is -0.494 e. The first-order chi connectivity index (χ1) is 13.2. The zero-order chi connectivity index (χ0) is 20.6. The molecule has 0 spiro atoms. The number of alkyl carbamates (subject to hydrolysis) is 1. The van der Waals surface area contributed by atoms with Crippen LogP contribution in [0.4, 0.5) is 4.79 Å². The van der Waals surface area contributed by atoms with E-state index < -0.39 is 11.7 Å². The van der Waals surface area contributed by atoms with E-state index >= 15 is 0 Å². The van der Waals surface area contributed by atoms with Crippen molar-refractivity contribution in [3.05, 3.63) is 28.7 Å². The van der Waals surface area contributed by atoms with E-state index in [1.807, 2.05) is 24.3 Å². The van der Waals surface area contributed by atoms with Gasteiger partial charge in [-0.05, 0) is 51.5 Å². The SMILES string of the molecule is CC(C)(C)OC(=O)NCC(=O)N1CCN(CCCOc2ccc(Br)cc2)CC1. The first-order valence-electron chi connectivity index (χ1n) is 9.58. The van der Waals surface area contributed by atoms with Gasteiger partial charge in [-0.1, -0.05) is 15.9 Å². The number of carbonyl (C=O) groups excluding carboxylic acids is 2. The second-order valence-electron chi connectivity index (χ2n) is 7.73. The normalized spacial score (nSPS) is 15.2. The van der Waals surface area contributed by atoms with Gasteiger partial charge >= 0.3 is 6.09 Å². The van der Waals surface area contributed by atoms with Crippen LogP contribution in [0.5, 0.6) is 5.75 Å². The molecule has 1 aliphatic heterocycles.